The highest BCUT2D eigenvalue weighted by Crippen LogP contribution is 2.23. The van der Waals surface area contributed by atoms with Gasteiger partial charge in [-0.1, -0.05) is 23.5 Å². The number of aromatic nitrogens is 2. The monoisotopic (exact) mass is 390 g/mol. The number of nitrogens with one attached hydrogen (secondary N) is 1. The van der Waals surface area contributed by atoms with Crippen LogP contribution in [0.2, 0.25) is 0 Å². The number of anilines is 1. The predicted molar refractivity (Wildman–Crippen MR) is 96.7 cm³/mol. The Kier molecular flexibility index (Phi) is 6.22. The van der Waals surface area contributed by atoms with Crippen molar-refractivity contribution in [1.82, 2.24) is 15.1 Å². The molecule has 0 aliphatic carbocycles. The van der Waals surface area contributed by atoms with Gasteiger partial charge in [0.15, 0.2) is 0 Å². The summed E-state index contributed by atoms with van der Waals surface area (Å²) in [6.45, 7) is 0.835. The first kappa shape index (κ1) is 19.1. The van der Waals surface area contributed by atoms with Crippen molar-refractivity contribution in [2.45, 2.75) is 6.42 Å². The van der Waals surface area contributed by atoms with Gasteiger partial charge in [0, 0.05) is 20.1 Å². The molecule has 2 heterocycles. The minimum atomic E-state index is -0.339. The van der Waals surface area contributed by atoms with Crippen LogP contribution in [0.25, 0.3) is 0 Å². The lowest BCUT2D eigenvalue weighted by Crippen LogP contribution is -2.31. The predicted octanol–water partition coefficient (Wildman–Crippen LogP) is 0.978. The van der Waals surface area contributed by atoms with Crippen molar-refractivity contribution < 1.29 is 23.9 Å². The molecule has 27 heavy (non-hydrogen) atoms. The van der Waals surface area contributed by atoms with E-state index in [0.717, 1.165) is 0 Å². The van der Waals surface area contributed by atoms with Gasteiger partial charge in [-0.05, 0) is 12.1 Å². The lowest BCUT2D eigenvalue weighted by molar-refractivity contribution is -0.121. The summed E-state index contributed by atoms with van der Waals surface area (Å²) in [5, 5.41) is 11.4. The average Bonchev–Trinajstić information content (AvgIpc) is 3.21. The van der Waals surface area contributed by atoms with Crippen LogP contribution >= 0.6 is 11.3 Å². The number of carbonyl (C=O) groups excluding carboxylic acids is 3. The van der Waals surface area contributed by atoms with Crippen LogP contribution in [0.1, 0.15) is 25.7 Å². The number of fused-ring (bicyclic) bond motifs is 1. The van der Waals surface area contributed by atoms with Crippen molar-refractivity contribution in [2.24, 2.45) is 0 Å². The molecular weight excluding hydrogens is 372 g/mol. The quantitative estimate of drug-likeness (QED) is 0.502. The van der Waals surface area contributed by atoms with E-state index in [-0.39, 0.29) is 30.9 Å². The molecular formula is C17H18N4O5S. The Balaban J connectivity index is 1.50. The average molecular weight is 390 g/mol. The number of hydrogen-bond donors (Lipinski definition) is 1. The molecule has 1 aromatic carbocycles. The van der Waals surface area contributed by atoms with Crippen LogP contribution in [0.4, 0.5) is 5.13 Å². The highest BCUT2D eigenvalue weighted by Gasteiger charge is 2.34. The normalized spacial score (nSPS) is 13.1. The van der Waals surface area contributed by atoms with Crippen LogP contribution in [0.5, 0.6) is 0 Å². The third-order valence-corrected chi connectivity index (χ3v) is 4.70. The van der Waals surface area contributed by atoms with Crippen molar-refractivity contribution in [3.8, 4) is 0 Å². The first-order valence-electron chi connectivity index (χ1n) is 8.24. The van der Waals surface area contributed by atoms with E-state index in [0.29, 0.717) is 40.9 Å². The van der Waals surface area contributed by atoms with Gasteiger partial charge >= 0.3 is 0 Å². The molecule has 0 radical (unpaired) electrons. The Morgan fingerprint density at radius 2 is 1.85 bits per heavy atom. The minimum absolute atomic E-state index is 0.104. The summed E-state index contributed by atoms with van der Waals surface area (Å²) in [4.78, 5) is 37.6. The molecule has 0 unspecified atom stereocenters. The molecule has 1 aliphatic rings. The van der Waals surface area contributed by atoms with E-state index >= 15 is 0 Å². The molecule has 0 bridgehead atoms. The number of amides is 3. The van der Waals surface area contributed by atoms with Gasteiger partial charge in [-0.15, -0.1) is 10.2 Å². The van der Waals surface area contributed by atoms with Gasteiger partial charge in [-0.2, -0.15) is 0 Å². The standard InChI is InChI=1S/C17H18N4O5S/c1-25-8-9-26-10-13(22)18-17-20-19-14(27-17)6-7-21-15(23)11-4-2-3-5-12(11)16(21)24/h2-5H,6-10H2,1H3,(H,18,20,22). The van der Waals surface area contributed by atoms with Crippen molar-refractivity contribution in [1.29, 1.82) is 0 Å². The van der Waals surface area contributed by atoms with Gasteiger partial charge in [-0.3, -0.25) is 24.6 Å². The molecule has 9 nitrogen and oxygen atoms in total. The van der Waals surface area contributed by atoms with Crippen LogP contribution in [0.15, 0.2) is 24.3 Å². The highest BCUT2D eigenvalue weighted by atomic mass is 32.1. The minimum Gasteiger partial charge on any atom is -0.382 e. The third kappa shape index (κ3) is 4.54. The maximum absolute atomic E-state index is 12.3. The van der Waals surface area contributed by atoms with Gasteiger partial charge in [0.1, 0.15) is 11.6 Å². The smallest absolute Gasteiger partial charge is 0.261 e. The first-order chi connectivity index (χ1) is 13.1. The zero-order chi connectivity index (χ0) is 19.2. The Morgan fingerprint density at radius 1 is 1.15 bits per heavy atom. The Labute approximate surface area is 159 Å². The number of rotatable bonds is 9. The molecule has 0 fully saturated rings. The lowest BCUT2D eigenvalue weighted by Gasteiger charge is -2.12. The van der Waals surface area contributed by atoms with Crippen LogP contribution in [0, 0.1) is 0 Å². The third-order valence-electron chi connectivity index (χ3n) is 3.81. The molecule has 3 amide bonds. The molecule has 3 rings (SSSR count). The number of methoxy groups -OCH3 is 1. The molecule has 1 aromatic heterocycles. The molecule has 0 atom stereocenters. The van der Waals surface area contributed by atoms with Crippen LogP contribution in [-0.2, 0) is 20.7 Å². The Bertz CT molecular complexity index is 818. The number of imide groups is 1. The molecule has 1 N–H and O–H groups in total. The Morgan fingerprint density at radius 3 is 2.52 bits per heavy atom. The second-order valence-electron chi connectivity index (χ2n) is 5.65. The van der Waals surface area contributed by atoms with Crippen LogP contribution in [0.3, 0.4) is 0 Å². The van der Waals surface area contributed by atoms with Crippen LogP contribution < -0.4 is 5.32 Å². The maximum Gasteiger partial charge on any atom is 0.261 e. The molecule has 10 heteroatoms. The maximum atomic E-state index is 12.3. The van der Waals surface area contributed by atoms with Crippen molar-refractivity contribution in [3.05, 3.63) is 40.4 Å². The fourth-order valence-electron chi connectivity index (χ4n) is 2.52. The van der Waals surface area contributed by atoms with E-state index in [4.69, 9.17) is 9.47 Å². The summed E-state index contributed by atoms with van der Waals surface area (Å²) in [5.41, 5.74) is 0.836. The Hall–Kier alpha value is -2.69. The number of benzene rings is 1. The largest absolute Gasteiger partial charge is 0.382 e. The summed E-state index contributed by atoms with van der Waals surface area (Å²) in [5.74, 6) is -0.946. The van der Waals surface area contributed by atoms with E-state index in [1.807, 2.05) is 0 Å². The van der Waals surface area contributed by atoms with Gasteiger partial charge in [0.25, 0.3) is 17.7 Å². The number of nitrogens with zero attached hydrogens (tertiary/aromatic N) is 3. The molecule has 0 saturated heterocycles. The number of carbonyl (C=O) groups is 3. The summed E-state index contributed by atoms with van der Waals surface area (Å²) in [6, 6.07) is 6.74. The topological polar surface area (TPSA) is 111 Å². The van der Waals surface area contributed by atoms with Crippen molar-refractivity contribution >= 4 is 34.2 Å². The molecule has 0 saturated carbocycles. The molecule has 142 valence electrons. The van der Waals surface area contributed by atoms with Gasteiger partial charge in [0.05, 0.1) is 24.3 Å². The fourth-order valence-corrected chi connectivity index (χ4v) is 3.26. The van der Waals surface area contributed by atoms with Gasteiger partial charge in [-0.25, -0.2) is 0 Å². The highest BCUT2D eigenvalue weighted by molar-refractivity contribution is 7.15. The zero-order valence-electron chi connectivity index (χ0n) is 14.6. The van der Waals surface area contributed by atoms with Gasteiger partial charge < -0.3 is 9.47 Å². The second-order valence-corrected chi connectivity index (χ2v) is 6.71. The van der Waals surface area contributed by atoms with Crippen molar-refractivity contribution in [2.75, 3.05) is 38.8 Å². The van der Waals surface area contributed by atoms with E-state index in [1.54, 1.807) is 31.4 Å². The molecule has 2 aromatic rings. The number of hydrogen-bond acceptors (Lipinski definition) is 8. The lowest BCUT2D eigenvalue weighted by atomic mass is 10.1. The van der Waals surface area contributed by atoms with E-state index in [2.05, 4.69) is 15.5 Å². The summed E-state index contributed by atoms with van der Waals surface area (Å²) in [7, 11) is 1.55. The molecule has 0 spiro atoms. The van der Waals surface area contributed by atoms with E-state index < -0.39 is 0 Å². The summed E-state index contributed by atoms with van der Waals surface area (Å²) >= 11 is 1.19. The zero-order valence-corrected chi connectivity index (χ0v) is 15.5. The summed E-state index contributed by atoms with van der Waals surface area (Å²) < 4.78 is 9.94. The number of ether oxygens (including phenoxy) is 2. The SMILES string of the molecule is COCCOCC(=O)Nc1nnc(CCN2C(=O)c3ccccc3C2=O)s1. The van der Waals surface area contributed by atoms with E-state index in [1.165, 1.54) is 16.2 Å². The van der Waals surface area contributed by atoms with E-state index in [9.17, 15) is 14.4 Å². The van der Waals surface area contributed by atoms with Crippen LogP contribution in [-0.4, -0.2) is 66.3 Å². The summed E-state index contributed by atoms with van der Waals surface area (Å²) in [6.07, 6.45) is 0.364. The fraction of sp³-hybridized carbons (Fsp3) is 0.353. The van der Waals surface area contributed by atoms with Crippen molar-refractivity contribution in [3.63, 3.8) is 0 Å². The first-order valence-corrected chi connectivity index (χ1v) is 9.06. The van der Waals surface area contributed by atoms with Gasteiger partial charge in [0.2, 0.25) is 5.13 Å². The second kappa shape index (κ2) is 8.80. The molecule has 1 aliphatic heterocycles.